The zero-order valence-electron chi connectivity index (χ0n) is 14.4. The van der Waals surface area contributed by atoms with Gasteiger partial charge in [-0.1, -0.05) is 35.5 Å². The number of carbonyl (C=O) groups excluding carboxylic acids is 2. The number of amides is 1. The number of carbonyl (C=O) groups is 2. The molecule has 0 bridgehead atoms. The van der Waals surface area contributed by atoms with Gasteiger partial charge in [-0.2, -0.15) is 0 Å². The number of benzene rings is 1. The van der Waals surface area contributed by atoms with E-state index >= 15 is 0 Å². The molecule has 2 aromatic heterocycles. The molecule has 1 atom stereocenters. The van der Waals surface area contributed by atoms with Crippen LogP contribution in [0.3, 0.4) is 0 Å². The number of ether oxygens (including phenoxy) is 1. The zero-order valence-corrected chi connectivity index (χ0v) is 14.4. The van der Waals surface area contributed by atoms with E-state index in [-0.39, 0.29) is 11.6 Å². The molecule has 7 nitrogen and oxygen atoms in total. The Kier molecular flexibility index (Phi) is 5.17. The van der Waals surface area contributed by atoms with Crippen molar-refractivity contribution in [3.63, 3.8) is 0 Å². The van der Waals surface area contributed by atoms with Crippen molar-refractivity contribution in [1.82, 2.24) is 10.5 Å². The van der Waals surface area contributed by atoms with Crippen LogP contribution in [-0.2, 0) is 9.53 Å². The summed E-state index contributed by atoms with van der Waals surface area (Å²) < 4.78 is 15.5. The third-order valence-electron chi connectivity index (χ3n) is 3.80. The van der Waals surface area contributed by atoms with Crippen LogP contribution in [0.25, 0.3) is 11.3 Å². The molecule has 0 aliphatic heterocycles. The molecular weight excluding hydrogens is 336 g/mol. The number of nitrogens with zero attached hydrogens (tertiary/aromatic N) is 1. The second-order valence-electron chi connectivity index (χ2n) is 5.71. The van der Waals surface area contributed by atoms with E-state index in [0.29, 0.717) is 17.2 Å². The van der Waals surface area contributed by atoms with Crippen LogP contribution in [0, 0.1) is 6.92 Å². The molecule has 2 heterocycles. The molecule has 0 aliphatic carbocycles. The molecule has 0 saturated heterocycles. The molecule has 0 radical (unpaired) electrons. The summed E-state index contributed by atoms with van der Waals surface area (Å²) in [6.07, 6.45) is 1.53. The molecule has 3 rings (SSSR count). The Hall–Kier alpha value is -3.35. The van der Waals surface area contributed by atoms with E-state index in [1.54, 1.807) is 26.0 Å². The summed E-state index contributed by atoms with van der Waals surface area (Å²) in [4.78, 5) is 24.4. The van der Waals surface area contributed by atoms with E-state index in [4.69, 9.17) is 13.7 Å². The lowest BCUT2D eigenvalue weighted by Crippen LogP contribution is -2.31. The van der Waals surface area contributed by atoms with Gasteiger partial charge in [0.25, 0.3) is 5.91 Å². The minimum Gasteiger partial charge on any atom is -0.467 e. The normalized spacial score (nSPS) is 11.8. The third kappa shape index (κ3) is 3.83. The van der Waals surface area contributed by atoms with Crippen LogP contribution >= 0.6 is 0 Å². The van der Waals surface area contributed by atoms with Crippen LogP contribution in [-0.4, -0.2) is 23.6 Å². The lowest BCUT2D eigenvalue weighted by Gasteiger charge is -2.11. The van der Waals surface area contributed by atoms with E-state index in [1.165, 1.54) is 6.26 Å². The van der Waals surface area contributed by atoms with Crippen LogP contribution in [0.15, 0.2) is 57.7 Å². The summed E-state index contributed by atoms with van der Waals surface area (Å²) >= 11 is 0. The number of furan rings is 1. The van der Waals surface area contributed by atoms with Crippen LogP contribution in [0.1, 0.15) is 34.8 Å². The number of nitrogens with one attached hydrogen (secondary N) is 1. The van der Waals surface area contributed by atoms with Gasteiger partial charge in [-0.05, 0) is 26.0 Å². The van der Waals surface area contributed by atoms with Crippen LogP contribution in [0.5, 0.6) is 0 Å². The lowest BCUT2D eigenvalue weighted by molar-refractivity contribution is -0.125. The van der Waals surface area contributed by atoms with Gasteiger partial charge in [0.2, 0.25) is 0 Å². The maximum absolute atomic E-state index is 12.4. The average molecular weight is 354 g/mol. The van der Waals surface area contributed by atoms with Gasteiger partial charge in [-0.25, -0.2) is 4.79 Å². The minimum atomic E-state index is -0.664. The van der Waals surface area contributed by atoms with Crippen molar-refractivity contribution in [2.45, 2.75) is 19.9 Å². The highest BCUT2D eigenvalue weighted by Gasteiger charge is 2.24. The number of hydrogen-bond donors (Lipinski definition) is 1. The standard InChI is InChI=1S/C19H18N2O5/c1-12(15-9-6-10-24-15)20-16(22)11-25-19(23)17-13(2)26-21-18(17)14-7-4-3-5-8-14/h3-10,12H,11H2,1-2H3,(H,20,22)/t12-/m1/s1. The van der Waals surface area contributed by atoms with Crippen LogP contribution in [0.2, 0.25) is 0 Å². The van der Waals surface area contributed by atoms with E-state index < -0.39 is 18.5 Å². The minimum absolute atomic E-state index is 0.211. The first-order valence-corrected chi connectivity index (χ1v) is 8.08. The third-order valence-corrected chi connectivity index (χ3v) is 3.80. The fourth-order valence-corrected chi connectivity index (χ4v) is 2.50. The second kappa shape index (κ2) is 7.69. The van der Waals surface area contributed by atoms with Gasteiger partial charge in [0.1, 0.15) is 22.8 Å². The van der Waals surface area contributed by atoms with Gasteiger partial charge in [-0.3, -0.25) is 4.79 Å². The van der Waals surface area contributed by atoms with E-state index in [2.05, 4.69) is 10.5 Å². The average Bonchev–Trinajstić information content (AvgIpc) is 3.30. The molecule has 3 aromatic rings. The lowest BCUT2D eigenvalue weighted by atomic mass is 10.1. The molecule has 0 aliphatic rings. The first-order chi connectivity index (χ1) is 12.6. The number of esters is 1. The Morgan fingerprint density at radius 3 is 2.65 bits per heavy atom. The molecule has 0 fully saturated rings. The molecule has 1 N–H and O–H groups in total. The van der Waals surface area contributed by atoms with Gasteiger partial charge >= 0.3 is 5.97 Å². The Balaban J connectivity index is 1.64. The van der Waals surface area contributed by atoms with Crippen LogP contribution < -0.4 is 5.32 Å². The highest BCUT2D eigenvalue weighted by atomic mass is 16.5. The molecule has 1 amide bonds. The maximum atomic E-state index is 12.4. The quantitative estimate of drug-likeness (QED) is 0.683. The summed E-state index contributed by atoms with van der Waals surface area (Å²) in [5.74, 6) is -0.148. The molecule has 134 valence electrons. The first-order valence-electron chi connectivity index (χ1n) is 8.08. The second-order valence-corrected chi connectivity index (χ2v) is 5.71. The van der Waals surface area contributed by atoms with Gasteiger partial charge in [0, 0.05) is 5.56 Å². The van der Waals surface area contributed by atoms with Gasteiger partial charge in [0.15, 0.2) is 6.61 Å². The fourth-order valence-electron chi connectivity index (χ4n) is 2.50. The van der Waals surface area contributed by atoms with Gasteiger partial charge < -0.3 is 19.0 Å². The van der Waals surface area contributed by atoms with Crippen molar-refractivity contribution in [2.24, 2.45) is 0 Å². The summed E-state index contributed by atoms with van der Waals surface area (Å²) in [6.45, 7) is 2.98. The van der Waals surface area contributed by atoms with Gasteiger partial charge in [-0.15, -0.1) is 0 Å². The van der Waals surface area contributed by atoms with E-state index in [0.717, 1.165) is 5.56 Å². The SMILES string of the molecule is Cc1onc(-c2ccccc2)c1C(=O)OCC(=O)N[C@H](C)c1ccco1. The number of aromatic nitrogens is 1. The van der Waals surface area contributed by atoms with Crippen molar-refractivity contribution in [2.75, 3.05) is 6.61 Å². The monoisotopic (exact) mass is 354 g/mol. The number of hydrogen-bond acceptors (Lipinski definition) is 6. The topological polar surface area (TPSA) is 94.6 Å². The Labute approximate surface area is 149 Å². The van der Waals surface area contributed by atoms with E-state index in [1.807, 2.05) is 30.3 Å². The number of rotatable bonds is 6. The van der Waals surface area contributed by atoms with Crippen molar-refractivity contribution < 1.29 is 23.3 Å². The fraction of sp³-hybridized carbons (Fsp3) is 0.211. The highest BCUT2D eigenvalue weighted by molar-refractivity contribution is 5.98. The largest absolute Gasteiger partial charge is 0.467 e. The Morgan fingerprint density at radius 2 is 1.96 bits per heavy atom. The van der Waals surface area contributed by atoms with Crippen molar-refractivity contribution >= 4 is 11.9 Å². The summed E-state index contributed by atoms with van der Waals surface area (Å²) in [7, 11) is 0. The summed E-state index contributed by atoms with van der Waals surface area (Å²) in [5.41, 5.74) is 1.33. The molecule has 1 aromatic carbocycles. The predicted octanol–water partition coefficient (Wildman–Crippen LogP) is 3.28. The molecule has 7 heteroatoms. The molecular formula is C19H18N2O5. The van der Waals surface area contributed by atoms with Crippen molar-refractivity contribution in [1.29, 1.82) is 0 Å². The summed E-state index contributed by atoms with van der Waals surface area (Å²) in [5, 5.41) is 6.62. The highest BCUT2D eigenvalue weighted by Crippen LogP contribution is 2.25. The molecule has 0 saturated carbocycles. The molecule has 26 heavy (non-hydrogen) atoms. The van der Waals surface area contributed by atoms with E-state index in [9.17, 15) is 9.59 Å². The van der Waals surface area contributed by atoms with Crippen molar-refractivity contribution in [3.8, 4) is 11.3 Å². The van der Waals surface area contributed by atoms with Gasteiger partial charge in [0.05, 0.1) is 12.3 Å². The maximum Gasteiger partial charge on any atom is 0.344 e. The van der Waals surface area contributed by atoms with Crippen molar-refractivity contribution in [3.05, 3.63) is 65.8 Å². The molecule has 0 unspecified atom stereocenters. The molecule has 0 spiro atoms. The number of aryl methyl sites for hydroxylation is 1. The Morgan fingerprint density at radius 1 is 1.19 bits per heavy atom. The first kappa shape index (κ1) is 17.5. The Bertz CT molecular complexity index is 884. The zero-order chi connectivity index (χ0) is 18.5. The summed E-state index contributed by atoms with van der Waals surface area (Å²) in [6, 6.07) is 12.3. The van der Waals surface area contributed by atoms with Crippen LogP contribution in [0.4, 0.5) is 0 Å². The predicted molar refractivity (Wildman–Crippen MR) is 92.2 cm³/mol. The smallest absolute Gasteiger partial charge is 0.344 e.